The van der Waals surface area contributed by atoms with Crippen molar-refractivity contribution in [2.75, 3.05) is 18.5 Å². The monoisotopic (exact) mass is 488 g/mol. The summed E-state index contributed by atoms with van der Waals surface area (Å²) < 4.78 is 39.6. The van der Waals surface area contributed by atoms with E-state index in [4.69, 9.17) is 9.47 Å². The van der Waals surface area contributed by atoms with E-state index in [0.29, 0.717) is 53.6 Å². The van der Waals surface area contributed by atoms with Gasteiger partial charge in [0.15, 0.2) is 34.7 Å². The SMILES string of the molecule is O=C(Cc1ccc(Oc2ccnc3c2OCCCN3)c(F)c1)C1=CCC=C(c2ccc(F)cc2)C1=O. The molecule has 8 heteroatoms. The van der Waals surface area contributed by atoms with Crippen molar-refractivity contribution in [1.29, 1.82) is 0 Å². The number of pyridine rings is 1. The van der Waals surface area contributed by atoms with Gasteiger partial charge >= 0.3 is 0 Å². The van der Waals surface area contributed by atoms with Crippen LogP contribution in [-0.2, 0) is 16.0 Å². The lowest BCUT2D eigenvalue weighted by Gasteiger charge is -2.15. The Morgan fingerprint density at radius 2 is 1.89 bits per heavy atom. The Labute approximate surface area is 206 Å². The lowest BCUT2D eigenvalue weighted by Crippen LogP contribution is -2.18. The van der Waals surface area contributed by atoms with Crippen LogP contribution in [0.15, 0.2) is 72.5 Å². The highest BCUT2D eigenvalue weighted by atomic mass is 19.1. The van der Waals surface area contributed by atoms with Crippen LogP contribution < -0.4 is 14.8 Å². The highest BCUT2D eigenvalue weighted by Crippen LogP contribution is 2.38. The summed E-state index contributed by atoms with van der Waals surface area (Å²) in [6.07, 6.45) is 5.86. The third-order valence-electron chi connectivity index (χ3n) is 5.90. The van der Waals surface area contributed by atoms with Crippen molar-refractivity contribution in [3.63, 3.8) is 0 Å². The van der Waals surface area contributed by atoms with Crippen LogP contribution in [0.3, 0.4) is 0 Å². The van der Waals surface area contributed by atoms with Gasteiger partial charge in [0, 0.05) is 30.8 Å². The number of ketones is 2. The van der Waals surface area contributed by atoms with Gasteiger partial charge in [-0.3, -0.25) is 9.59 Å². The molecule has 0 saturated heterocycles. The molecular formula is C28H22F2N2O4. The first-order valence-corrected chi connectivity index (χ1v) is 11.6. The summed E-state index contributed by atoms with van der Waals surface area (Å²) >= 11 is 0. The van der Waals surface area contributed by atoms with E-state index in [1.165, 1.54) is 36.4 Å². The van der Waals surface area contributed by atoms with Crippen LogP contribution in [0.2, 0.25) is 0 Å². The zero-order chi connectivity index (χ0) is 25.1. The molecule has 0 unspecified atom stereocenters. The molecule has 1 aliphatic heterocycles. The fourth-order valence-corrected chi connectivity index (χ4v) is 4.11. The Hall–Kier alpha value is -4.33. The predicted octanol–water partition coefficient (Wildman–Crippen LogP) is 5.44. The van der Waals surface area contributed by atoms with Crippen LogP contribution >= 0.6 is 0 Å². The molecule has 5 rings (SSSR count). The molecule has 2 aromatic carbocycles. The number of fused-ring (bicyclic) bond motifs is 1. The van der Waals surface area contributed by atoms with Gasteiger partial charge in [-0.1, -0.05) is 30.4 Å². The van der Waals surface area contributed by atoms with E-state index in [1.54, 1.807) is 30.5 Å². The van der Waals surface area contributed by atoms with Crippen LogP contribution in [0, 0.1) is 11.6 Å². The molecule has 36 heavy (non-hydrogen) atoms. The Kier molecular flexibility index (Phi) is 6.58. The second kappa shape index (κ2) is 10.1. The third-order valence-corrected chi connectivity index (χ3v) is 5.90. The van der Waals surface area contributed by atoms with Crippen molar-refractivity contribution in [2.24, 2.45) is 0 Å². The molecule has 6 nitrogen and oxygen atoms in total. The van der Waals surface area contributed by atoms with Gasteiger partial charge in [0.2, 0.25) is 5.75 Å². The molecule has 182 valence electrons. The molecule has 1 aliphatic carbocycles. The fraction of sp³-hybridized carbons (Fsp3) is 0.179. The van der Waals surface area contributed by atoms with E-state index in [2.05, 4.69) is 10.3 Å². The number of carbonyl (C=O) groups is 2. The maximum atomic E-state index is 14.9. The van der Waals surface area contributed by atoms with Crippen LogP contribution in [0.4, 0.5) is 14.6 Å². The number of hydrogen-bond acceptors (Lipinski definition) is 6. The Morgan fingerprint density at radius 1 is 1.06 bits per heavy atom. The van der Waals surface area contributed by atoms with Gasteiger partial charge in [-0.05, 0) is 48.2 Å². The number of halogens is 2. The fourth-order valence-electron chi connectivity index (χ4n) is 4.11. The molecule has 2 heterocycles. The third kappa shape index (κ3) is 4.88. The van der Waals surface area contributed by atoms with Crippen LogP contribution in [0.5, 0.6) is 17.2 Å². The lowest BCUT2D eigenvalue weighted by molar-refractivity contribution is -0.118. The minimum absolute atomic E-state index is 0.0260. The molecule has 3 aromatic rings. The standard InChI is InChI=1S/C28H22F2N2O4/c29-19-8-6-18(7-9-19)20-3-1-4-21(26(20)34)23(33)16-17-5-10-24(22(30)15-17)36-25-11-13-32-28-27(25)35-14-2-12-31-28/h3-11,13,15H,1-2,12,14,16H2,(H,31,32). The van der Waals surface area contributed by atoms with E-state index in [1.807, 2.05) is 0 Å². The smallest absolute Gasteiger partial charge is 0.204 e. The van der Waals surface area contributed by atoms with E-state index < -0.39 is 23.2 Å². The molecule has 1 N–H and O–H groups in total. The number of anilines is 1. The van der Waals surface area contributed by atoms with Crippen LogP contribution in [0.1, 0.15) is 24.0 Å². The molecule has 0 bridgehead atoms. The van der Waals surface area contributed by atoms with Crippen LogP contribution in [-0.4, -0.2) is 29.7 Å². The summed E-state index contributed by atoms with van der Waals surface area (Å²) in [6.45, 7) is 1.19. The number of Topliss-reactive ketones (excluding diaryl/α,β-unsaturated/α-hetero) is 2. The molecular weight excluding hydrogens is 466 g/mol. The molecule has 0 amide bonds. The van der Waals surface area contributed by atoms with Gasteiger partial charge in [0.1, 0.15) is 5.82 Å². The van der Waals surface area contributed by atoms with Crippen molar-refractivity contribution in [1.82, 2.24) is 4.98 Å². The van der Waals surface area contributed by atoms with Gasteiger partial charge in [-0.15, -0.1) is 0 Å². The summed E-state index contributed by atoms with van der Waals surface area (Å²) in [4.78, 5) is 30.1. The van der Waals surface area contributed by atoms with Gasteiger partial charge < -0.3 is 14.8 Å². The van der Waals surface area contributed by atoms with Gasteiger partial charge in [0.25, 0.3) is 0 Å². The number of nitrogens with zero attached hydrogens (tertiary/aromatic N) is 1. The first-order valence-electron chi connectivity index (χ1n) is 11.6. The summed E-state index contributed by atoms with van der Waals surface area (Å²) in [5, 5.41) is 3.15. The lowest BCUT2D eigenvalue weighted by atomic mass is 9.88. The molecule has 0 radical (unpaired) electrons. The van der Waals surface area contributed by atoms with Crippen LogP contribution in [0.25, 0.3) is 5.57 Å². The molecule has 2 aliphatic rings. The number of aromatic nitrogens is 1. The van der Waals surface area contributed by atoms with E-state index >= 15 is 0 Å². The molecule has 0 atom stereocenters. The summed E-state index contributed by atoms with van der Waals surface area (Å²) in [6, 6.07) is 11.4. The average molecular weight is 488 g/mol. The molecule has 1 aromatic heterocycles. The van der Waals surface area contributed by atoms with Gasteiger partial charge in [-0.2, -0.15) is 0 Å². The van der Waals surface area contributed by atoms with Gasteiger partial charge in [0.05, 0.1) is 12.2 Å². The first-order chi connectivity index (χ1) is 17.5. The van der Waals surface area contributed by atoms with E-state index in [-0.39, 0.29) is 17.7 Å². The Bertz CT molecular complexity index is 1400. The molecule has 0 saturated carbocycles. The number of ether oxygens (including phenoxy) is 2. The Morgan fingerprint density at radius 3 is 2.69 bits per heavy atom. The van der Waals surface area contributed by atoms with Crippen molar-refractivity contribution >= 4 is 23.0 Å². The highest BCUT2D eigenvalue weighted by molar-refractivity contribution is 6.39. The maximum absolute atomic E-state index is 14.9. The van der Waals surface area contributed by atoms with Crippen molar-refractivity contribution in [3.05, 3.63) is 95.2 Å². The number of benzene rings is 2. The number of hydrogen-bond donors (Lipinski definition) is 1. The van der Waals surface area contributed by atoms with Crippen molar-refractivity contribution < 1.29 is 27.8 Å². The topological polar surface area (TPSA) is 77.5 Å². The van der Waals surface area contributed by atoms with Gasteiger partial charge in [-0.25, -0.2) is 13.8 Å². The Balaban J connectivity index is 1.29. The maximum Gasteiger partial charge on any atom is 0.204 e. The number of carbonyl (C=O) groups excluding carboxylic acids is 2. The predicted molar refractivity (Wildman–Crippen MR) is 130 cm³/mol. The zero-order valence-electron chi connectivity index (χ0n) is 19.2. The normalized spacial score (nSPS) is 15.0. The van der Waals surface area contributed by atoms with E-state index in [0.717, 1.165) is 6.42 Å². The molecule has 0 spiro atoms. The summed E-state index contributed by atoms with van der Waals surface area (Å²) in [7, 11) is 0. The van der Waals surface area contributed by atoms with E-state index in [9.17, 15) is 18.4 Å². The number of rotatable bonds is 6. The highest BCUT2D eigenvalue weighted by Gasteiger charge is 2.25. The van der Waals surface area contributed by atoms with Crippen molar-refractivity contribution in [2.45, 2.75) is 19.3 Å². The second-order valence-electron chi connectivity index (χ2n) is 8.39. The first kappa shape index (κ1) is 23.4. The largest absolute Gasteiger partial charge is 0.486 e. The number of allylic oxidation sites excluding steroid dienone is 4. The minimum Gasteiger partial charge on any atom is -0.486 e. The minimum atomic E-state index is -0.650. The summed E-state index contributed by atoms with van der Waals surface area (Å²) in [5.74, 6) is -0.647. The summed E-state index contributed by atoms with van der Waals surface area (Å²) in [5.41, 5.74) is 1.34. The average Bonchev–Trinajstić information content (AvgIpc) is 3.13. The van der Waals surface area contributed by atoms with Crippen molar-refractivity contribution in [3.8, 4) is 17.2 Å². The second-order valence-corrected chi connectivity index (χ2v) is 8.39. The quantitative estimate of drug-likeness (QED) is 0.466. The number of nitrogens with one attached hydrogen (secondary N) is 1. The molecule has 0 fully saturated rings. The zero-order valence-corrected chi connectivity index (χ0v) is 19.2.